The highest BCUT2D eigenvalue weighted by Crippen LogP contribution is 2.30. The minimum absolute atomic E-state index is 0.131. The fraction of sp³-hybridized carbons (Fsp3) is 0.250. The van der Waals surface area contributed by atoms with Gasteiger partial charge in [0.05, 0.1) is 7.11 Å². The number of nitrogens with one attached hydrogen (secondary N) is 1. The molecule has 0 aliphatic heterocycles. The molecule has 1 rings (SSSR count). The molecule has 1 aromatic carbocycles. The van der Waals surface area contributed by atoms with E-state index in [2.05, 4.69) is 4.74 Å². The van der Waals surface area contributed by atoms with Crippen LogP contribution in [0.5, 0.6) is 5.75 Å². The van der Waals surface area contributed by atoms with E-state index in [1.807, 2.05) is 0 Å². The van der Waals surface area contributed by atoms with Crippen LogP contribution in [0.4, 0.5) is 8.78 Å². The fourth-order valence-corrected chi connectivity index (χ4v) is 1.20. The van der Waals surface area contributed by atoms with E-state index in [9.17, 15) is 8.78 Å². The molecular formula is C8H8ClF2NO2. The third-order valence-corrected chi connectivity index (χ3v) is 2.01. The van der Waals surface area contributed by atoms with Gasteiger partial charge < -0.3 is 9.94 Å². The maximum atomic E-state index is 13.2. The number of hydrogen-bond donors (Lipinski definition) is 2. The molecule has 0 radical (unpaired) electrons. The van der Waals surface area contributed by atoms with Gasteiger partial charge in [-0.1, -0.05) is 11.6 Å². The number of ether oxygens (including phenoxy) is 1. The first-order chi connectivity index (χ1) is 6.61. The summed E-state index contributed by atoms with van der Waals surface area (Å²) in [6.45, 7) is -0.131. The van der Waals surface area contributed by atoms with Crippen molar-refractivity contribution in [3.63, 3.8) is 0 Å². The van der Waals surface area contributed by atoms with E-state index in [1.165, 1.54) is 7.11 Å². The predicted molar refractivity (Wildman–Crippen MR) is 46.5 cm³/mol. The van der Waals surface area contributed by atoms with Gasteiger partial charge in [-0.25, -0.2) is 14.3 Å². The van der Waals surface area contributed by atoms with Crippen molar-refractivity contribution in [2.75, 3.05) is 7.11 Å². The van der Waals surface area contributed by atoms with Gasteiger partial charge in [-0.2, -0.15) is 0 Å². The zero-order valence-corrected chi connectivity index (χ0v) is 8.03. The summed E-state index contributed by atoms with van der Waals surface area (Å²) in [5.41, 5.74) is 1.92. The van der Waals surface area contributed by atoms with Crippen LogP contribution in [0.25, 0.3) is 0 Å². The lowest BCUT2D eigenvalue weighted by molar-refractivity contribution is 0.159. The molecule has 1 aromatic rings. The fourth-order valence-electron chi connectivity index (χ4n) is 1.06. The van der Waals surface area contributed by atoms with Gasteiger partial charge in [0.15, 0.2) is 11.6 Å². The molecule has 0 saturated carbocycles. The van der Waals surface area contributed by atoms with Crippen molar-refractivity contribution in [2.24, 2.45) is 0 Å². The minimum Gasteiger partial charge on any atom is -0.493 e. The topological polar surface area (TPSA) is 41.5 Å². The van der Waals surface area contributed by atoms with Crippen LogP contribution >= 0.6 is 11.6 Å². The largest absolute Gasteiger partial charge is 0.493 e. The molecule has 0 unspecified atom stereocenters. The summed E-state index contributed by atoms with van der Waals surface area (Å²) in [4.78, 5) is 0. The first-order valence-corrected chi connectivity index (χ1v) is 4.07. The van der Waals surface area contributed by atoms with Crippen molar-refractivity contribution in [3.05, 3.63) is 28.3 Å². The molecule has 0 spiro atoms. The molecule has 14 heavy (non-hydrogen) atoms. The number of hydrogen-bond acceptors (Lipinski definition) is 3. The van der Waals surface area contributed by atoms with Crippen LogP contribution in [0.15, 0.2) is 6.07 Å². The molecule has 0 aromatic heterocycles. The second-order valence-electron chi connectivity index (χ2n) is 2.51. The van der Waals surface area contributed by atoms with Gasteiger partial charge in [0.2, 0.25) is 0 Å². The van der Waals surface area contributed by atoms with E-state index in [0.717, 1.165) is 6.07 Å². The van der Waals surface area contributed by atoms with Crippen LogP contribution < -0.4 is 10.2 Å². The molecule has 0 aliphatic carbocycles. The Balaban J connectivity index is 3.28. The molecule has 0 bridgehead atoms. The molecule has 6 heteroatoms. The van der Waals surface area contributed by atoms with Crippen molar-refractivity contribution in [3.8, 4) is 5.75 Å². The average Bonchev–Trinajstić information content (AvgIpc) is 2.16. The summed E-state index contributed by atoms with van der Waals surface area (Å²) in [5, 5.41) is 7.79. The summed E-state index contributed by atoms with van der Waals surface area (Å²) in [6, 6.07) is 0.994. The van der Waals surface area contributed by atoms with Crippen molar-refractivity contribution in [1.82, 2.24) is 5.48 Å². The van der Waals surface area contributed by atoms with Gasteiger partial charge in [-0.05, 0) is 6.07 Å². The molecular weight excluding hydrogens is 216 g/mol. The van der Waals surface area contributed by atoms with E-state index >= 15 is 0 Å². The number of methoxy groups -OCH3 is 1. The van der Waals surface area contributed by atoms with Crippen LogP contribution in [0.3, 0.4) is 0 Å². The Morgan fingerprint density at radius 1 is 1.57 bits per heavy atom. The third-order valence-electron chi connectivity index (χ3n) is 1.67. The summed E-state index contributed by atoms with van der Waals surface area (Å²) in [7, 11) is 1.23. The smallest absolute Gasteiger partial charge is 0.186 e. The molecule has 0 amide bonds. The number of benzene rings is 1. The number of rotatable bonds is 3. The van der Waals surface area contributed by atoms with E-state index in [-0.39, 0.29) is 17.9 Å². The van der Waals surface area contributed by atoms with E-state index in [4.69, 9.17) is 16.8 Å². The van der Waals surface area contributed by atoms with Gasteiger partial charge in [0, 0.05) is 12.1 Å². The van der Waals surface area contributed by atoms with Crippen molar-refractivity contribution >= 4 is 11.6 Å². The molecule has 0 heterocycles. The van der Waals surface area contributed by atoms with Crippen LogP contribution in [-0.4, -0.2) is 12.3 Å². The summed E-state index contributed by atoms with van der Waals surface area (Å²) in [5.74, 6) is -2.05. The van der Waals surface area contributed by atoms with Crippen molar-refractivity contribution < 1.29 is 18.7 Å². The zero-order valence-electron chi connectivity index (χ0n) is 7.27. The standard InChI is InChI=1S/C8H8ClF2NO2/c1-14-8-4(3-12-13)2-5(10)6(9)7(8)11/h2,12-13H,3H2,1H3. The third kappa shape index (κ3) is 1.95. The summed E-state index contributed by atoms with van der Waals surface area (Å²) in [6.07, 6.45) is 0. The quantitative estimate of drug-likeness (QED) is 0.609. The molecule has 3 nitrogen and oxygen atoms in total. The Morgan fingerprint density at radius 2 is 2.21 bits per heavy atom. The van der Waals surface area contributed by atoms with Gasteiger partial charge in [0.1, 0.15) is 10.8 Å². The van der Waals surface area contributed by atoms with Crippen LogP contribution in [0.2, 0.25) is 5.02 Å². The Morgan fingerprint density at radius 3 is 2.71 bits per heavy atom. The van der Waals surface area contributed by atoms with Crippen LogP contribution in [0, 0.1) is 11.6 Å². The second kappa shape index (κ2) is 4.54. The number of hydroxylamine groups is 1. The molecule has 0 fully saturated rings. The highest BCUT2D eigenvalue weighted by molar-refractivity contribution is 6.31. The lowest BCUT2D eigenvalue weighted by Gasteiger charge is -2.10. The highest BCUT2D eigenvalue weighted by atomic mass is 35.5. The Hall–Kier alpha value is -0.910. The Bertz CT molecular complexity index is 347. The van der Waals surface area contributed by atoms with E-state index in [0.29, 0.717) is 0 Å². The zero-order chi connectivity index (χ0) is 10.7. The normalized spacial score (nSPS) is 10.4. The second-order valence-corrected chi connectivity index (χ2v) is 2.89. The molecule has 2 N–H and O–H groups in total. The average molecular weight is 224 g/mol. The molecule has 0 aliphatic rings. The van der Waals surface area contributed by atoms with E-state index in [1.54, 1.807) is 5.48 Å². The lowest BCUT2D eigenvalue weighted by atomic mass is 10.2. The van der Waals surface area contributed by atoms with Crippen molar-refractivity contribution in [1.29, 1.82) is 0 Å². The maximum Gasteiger partial charge on any atom is 0.186 e. The number of halogens is 3. The first-order valence-electron chi connectivity index (χ1n) is 3.69. The monoisotopic (exact) mass is 223 g/mol. The van der Waals surface area contributed by atoms with Gasteiger partial charge in [0.25, 0.3) is 0 Å². The van der Waals surface area contributed by atoms with Crippen molar-refractivity contribution in [2.45, 2.75) is 6.54 Å². The lowest BCUT2D eigenvalue weighted by Crippen LogP contribution is -2.09. The van der Waals surface area contributed by atoms with Gasteiger partial charge in [-0.15, -0.1) is 0 Å². The molecule has 78 valence electrons. The van der Waals surface area contributed by atoms with Crippen LogP contribution in [-0.2, 0) is 6.54 Å². The Kier molecular flexibility index (Phi) is 3.62. The first kappa shape index (κ1) is 11.2. The molecule has 0 atom stereocenters. The summed E-state index contributed by atoms with van der Waals surface area (Å²) >= 11 is 5.32. The highest BCUT2D eigenvalue weighted by Gasteiger charge is 2.17. The maximum absolute atomic E-state index is 13.2. The van der Waals surface area contributed by atoms with Gasteiger partial charge in [-0.3, -0.25) is 0 Å². The van der Waals surface area contributed by atoms with Crippen LogP contribution in [0.1, 0.15) is 5.56 Å². The predicted octanol–water partition coefficient (Wildman–Crippen LogP) is 2.11. The Labute approximate surface area is 84.2 Å². The summed E-state index contributed by atoms with van der Waals surface area (Å²) < 4.78 is 30.9. The minimum atomic E-state index is -0.973. The van der Waals surface area contributed by atoms with E-state index < -0.39 is 16.7 Å². The van der Waals surface area contributed by atoms with Gasteiger partial charge >= 0.3 is 0 Å². The SMILES string of the molecule is COc1c(CNO)cc(F)c(Cl)c1F. The molecule has 0 saturated heterocycles.